The van der Waals surface area contributed by atoms with Gasteiger partial charge in [0.05, 0.1) is 0 Å². The summed E-state index contributed by atoms with van der Waals surface area (Å²) in [5.41, 5.74) is 7.15. The fourth-order valence-corrected chi connectivity index (χ4v) is 3.07. The second-order valence-electron chi connectivity index (χ2n) is 3.79. The number of nitrogens with two attached hydrogens (primary N) is 1. The number of hydrogen-bond donors (Lipinski definition) is 2. The van der Waals surface area contributed by atoms with Crippen molar-refractivity contribution in [1.29, 1.82) is 0 Å². The number of anilines is 2. The van der Waals surface area contributed by atoms with Crippen molar-refractivity contribution in [1.82, 2.24) is 0 Å². The number of benzene rings is 1. The summed E-state index contributed by atoms with van der Waals surface area (Å²) in [5.74, 6) is 2.26. The molecule has 1 aliphatic rings. The van der Waals surface area contributed by atoms with E-state index in [-0.39, 0.29) is 11.8 Å². The van der Waals surface area contributed by atoms with Gasteiger partial charge in [-0.3, -0.25) is 4.79 Å². The van der Waals surface area contributed by atoms with Crippen LogP contribution in [0.5, 0.6) is 0 Å². The van der Waals surface area contributed by atoms with E-state index in [2.05, 4.69) is 21.2 Å². The summed E-state index contributed by atoms with van der Waals surface area (Å²) in [6.07, 6.45) is 0.975. The molecular formula is C11H13BrN2OS. The maximum atomic E-state index is 11.8. The van der Waals surface area contributed by atoms with Gasteiger partial charge in [0.25, 0.3) is 0 Å². The van der Waals surface area contributed by atoms with E-state index in [0.29, 0.717) is 5.69 Å². The minimum Gasteiger partial charge on any atom is -0.398 e. The normalized spacial score (nSPS) is 19.7. The lowest BCUT2D eigenvalue weighted by Crippen LogP contribution is -2.22. The molecule has 86 valence electrons. The molecule has 1 amide bonds. The summed E-state index contributed by atoms with van der Waals surface area (Å²) in [7, 11) is 0. The van der Waals surface area contributed by atoms with Crippen molar-refractivity contribution < 1.29 is 4.79 Å². The molecule has 0 aliphatic carbocycles. The Morgan fingerprint density at radius 1 is 1.56 bits per heavy atom. The lowest BCUT2D eigenvalue weighted by molar-refractivity contribution is -0.119. The third-order valence-corrected chi connectivity index (χ3v) is 4.45. The predicted octanol–water partition coefficient (Wildman–Crippen LogP) is 2.72. The molecule has 0 spiro atoms. The highest BCUT2D eigenvalue weighted by Crippen LogP contribution is 2.26. The van der Waals surface area contributed by atoms with Crippen molar-refractivity contribution in [3.8, 4) is 0 Å². The first kappa shape index (κ1) is 11.8. The van der Waals surface area contributed by atoms with Crippen LogP contribution in [0.15, 0.2) is 22.7 Å². The molecule has 3 nitrogen and oxygen atoms in total. The highest BCUT2D eigenvalue weighted by Gasteiger charge is 2.23. The van der Waals surface area contributed by atoms with Crippen LogP contribution in [0.1, 0.15) is 6.42 Å². The first-order valence-electron chi connectivity index (χ1n) is 5.10. The molecule has 3 N–H and O–H groups in total. The number of nitrogen functional groups attached to an aromatic ring is 1. The van der Waals surface area contributed by atoms with Crippen molar-refractivity contribution in [2.24, 2.45) is 5.92 Å². The minimum absolute atomic E-state index is 0.103. The number of thioether (sulfide) groups is 1. The zero-order chi connectivity index (χ0) is 11.5. The van der Waals surface area contributed by atoms with Crippen LogP contribution in [0.4, 0.5) is 11.4 Å². The molecule has 1 fully saturated rings. The Balaban J connectivity index is 2.02. The first-order valence-corrected chi connectivity index (χ1v) is 7.05. The summed E-state index contributed by atoms with van der Waals surface area (Å²) in [4.78, 5) is 11.8. The molecule has 1 aromatic rings. The van der Waals surface area contributed by atoms with Crippen LogP contribution in [-0.2, 0) is 4.79 Å². The lowest BCUT2D eigenvalue weighted by atomic mass is 10.1. The van der Waals surface area contributed by atoms with Gasteiger partial charge in [0.15, 0.2) is 0 Å². The average Bonchev–Trinajstić information content (AvgIpc) is 2.77. The first-order chi connectivity index (χ1) is 7.66. The fourth-order valence-electron chi connectivity index (χ4n) is 1.61. The monoisotopic (exact) mass is 300 g/mol. The van der Waals surface area contributed by atoms with E-state index in [9.17, 15) is 4.79 Å². The van der Waals surface area contributed by atoms with E-state index in [4.69, 9.17) is 5.73 Å². The van der Waals surface area contributed by atoms with Crippen LogP contribution in [0, 0.1) is 5.92 Å². The van der Waals surface area contributed by atoms with Crippen molar-refractivity contribution >= 4 is 45.0 Å². The van der Waals surface area contributed by atoms with Crippen LogP contribution in [-0.4, -0.2) is 17.4 Å². The number of amides is 1. The van der Waals surface area contributed by atoms with Gasteiger partial charge in [0.1, 0.15) is 0 Å². The summed E-state index contributed by atoms with van der Waals surface area (Å²) in [5, 5.41) is 2.90. The summed E-state index contributed by atoms with van der Waals surface area (Å²) >= 11 is 5.15. The Labute approximate surface area is 107 Å². The zero-order valence-electron chi connectivity index (χ0n) is 8.70. The number of rotatable bonds is 2. The van der Waals surface area contributed by atoms with E-state index >= 15 is 0 Å². The molecular weight excluding hydrogens is 288 g/mol. The van der Waals surface area contributed by atoms with Crippen LogP contribution in [0.3, 0.4) is 0 Å². The van der Waals surface area contributed by atoms with Gasteiger partial charge in [-0.1, -0.05) is 0 Å². The smallest absolute Gasteiger partial charge is 0.228 e. The van der Waals surface area contributed by atoms with Crippen molar-refractivity contribution in [2.75, 3.05) is 22.6 Å². The molecule has 0 saturated carbocycles. The van der Waals surface area contributed by atoms with E-state index in [1.54, 1.807) is 6.07 Å². The molecule has 16 heavy (non-hydrogen) atoms. The Morgan fingerprint density at radius 3 is 3.00 bits per heavy atom. The Bertz CT molecular complexity index is 405. The third-order valence-electron chi connectivity index (χ3n) is 2.56. The molecule has 1 saturated heterocycles. The third kappa shape index (κ3) is 2.71. The lowest BCUT2D eigenvalue weighted by Gasteiger charge is -2.10. The second kappa shape index (κ2) is 5.10. The van der Waals surface area contributed by atoms with Crippen LogP contribution < -0.4 is 11.1 Å². The van der Waals surface area contributed by atoms with E-state index < -0.39 is 0 Å². The van der Waals surface area contributed by atoms with Gasteiger partial charge in [-0.05, 0) is 46.3 Å². The molecule has 1 aromatic carbocycles. The van der Waals surface area contributed by atoms with E-state index in [1.165, 1.54) is 0 Å². The Hall–Kier alpha value is -0.680. The molecule has 0 aromatic heterocycles. The molecule has 0 radical (unpaired) electrons. The highest BCUT2D eigenvalue weighted by molar-refractivity contribution is 9.10. The Morgan fingerprint density at radius 2 is 2.38 bits per heavy atom. The molecule has 1 aliphatic heterocycles. The number of halogens is 1. The van der Waals surface area contributed by atoms with Gasteiger partial charge in [-0.2, -0.15) is 11.8 Å². The highest BCUT2D eigenvalue weighted by atomic mass is 79.9. The Kier molecular flexibility index (Phi) is 3.76. The number of carbonyl (C=O) groups is 1. The van der Waals surface area contributed by atoms with E-state index in [0.717, 1.165) is 28.1 Å². The largest absolute Gasteiger partial charge is 0.398 e. The molecule has 0 bridgehead atoms. The molecule has 2 rings (SSSR count). The SMILES string of the molecule is Nc1cc(NC(=O)C2CCSC2)ccc1Br. The van der Waals surface area contributed by atoms with Gasteiger partial charge < -0.3 is 11.1 Å². The summed E-state index contributed by atoms with van der Waals surface area (Å²) in [6.45, 7) is 0. The molecule has 1 atom stereocenters. The predicted molar refractivity (Wildman–Crippen MR) is 72.6 cm³/mol. The van der Waals surface area contributed by atoms with Gasteiger partial charge in [-0.25, -0.2) is 0 Å². The van der Waals surface area contributed by atoms with Crippen molar-refractivity contribution in [3.05, 3.63) is 22.7 Å². The maximum absolute atomic E-state index is 11.8. The average molecular weight is 301 g/mol. The van der Waals surface area contributed by atoms with Gasteiger partial charge in [0.2, 0.25) is 5.91 Å². The number of hydrogen-bond acceptors (Lipinski definition) is 3. The number of carbonyl (C=O) groups excluding carboxylic acids is 1. The number of nitrogens with one attached hydrogen (secondary N) is 1. The second-order valence-corrected chi connectivity index (χ2v) is 5.79. The zero-order valence-corrected chi connectivity index (χ0v) is 11.1. The topological polar surface area (TPSA) is 55.1 Å². The van der Waals surface area contributed by atoms with Crippen molar-refractivity contribution in [3.63, 3.8) is 0 Å². The van der Waals surface area contributed by atoms with Crippen LogP contribution in [0.25, 0.3) is 0 Å². The quantitative estimate of drug-likeness (QED) is 0.826. The van der Waals surface area contributed by atoms with E-state index in [1.807, 2.05) is 23.9 Å². The summed E-state index contributed by atoms with van der Waals surface area (Å²) in [6, 6.07) is 5.46. The molecule has 1 heterocycles. The summed E-state index contributed by atoms with van der Waals surface area (Å²) < 4.78 is 0.849. The van der Waals surface area contributed by atoms with Gasteiger partial charge >= 0.3 is 0 Å². The van der Waals surface area contributed by atoms with Crippen LogP contribution in [0.2, 0.25) is 0 Å². The minimum atomic E-state index is 0.103. The van der Waals surface area contributed by atoms with Crippen LogP contribution >= 0.6 is 27.7 Å². The molecule has 5 heteroatoms. The van der Waals surface area contributed by atoms with Crippen molar-refractivity contribution in [2.45, 2.75) is 6.42 Å². The fraction of sp³-hybridized carbons (Fsp3) is 0.364. The molecule has 1 unspecified atom stereocenters. The van der Waals surface area contributed by atoms with Gasteiger partial charge in [0, 0.05) is 27.5 Å². The van der Waals surface area contributed by atoms with Gasteiger partial charge in [-0.15, -0.1) is 0 Å². The maximum Gasteiger partial charge on any atom is 0.228 e. The standard InChI is InChI=1S/C11H13BrN2OS/c12-9-2-1-8(5-10(9)13)14-11(15)7-3-4-16-6-7/h1-2,5,7H,3-4,6,13H2,(H,14,15).